The Labute approximate surface area is 161 Å². The fraction of sp³-hybridized carbons (Fsp3) is 0.0909. The summed E-state index contributed by atoms with van der Waals surface area (Å²) < 4.78 is 1.21. The molecule has 134 valence electrons. The minimum absolute atomic E-state index is 0.114. The number of phenols is 1. The molecule has 4 aromatic rings. The Kier molecular flexibility index (Phi) is 4.85. The number of pyridine rings is 1. The van der Waals surface area contributed by atoms with E-state index in [0.717, 1.165) is 22.2 Å². The Morgan fingerprint density at radius 3 is 2.74 bits per heavy atom. The summed E-state index contributed by atoms with van der Waals surface area (Å²) in [5.74, 6) is 0.130. The lowest BCUT2D eigenvalue weighted by Gasteiger charge is -2.07. The van der Waals surface area contributed by atoms with Crippen LogP contribution in [-0.2, 0) is 6.42 Å². The van der Waals surface area contributed by atoms with Crippen molar-refractivity contribution in [1.82, 2.24) is 10.3 Å². The first-order valence-electron chi connectivity index (χ1n) is 8.69. The van der Waals surface area contributed by atoms with E-state index in [2.05, 4.69) is 27.8 Å². The molecule has 0 spiro atoms. The highest BCUT2D eigenvalue weighted by Crippen LogP contribution is 2.32. The Balaban J connectivity index is 1.47. The van der Waals surface area contributed by atoms with Crippen molar-refractivity contribution in [3.8, 4) is 17.0 Å². The van der Waals surface area contributed by atoms with E-state index < -0.39 is 0 Å². The SMILES string of the molecule is O=C(NCCc1ccc(O)cc1)c1ccnc(-c2csc3ccccc23)c1. The van der Waals surface area contributed by atoms with Crippen LogP contribution in [0.4, 0.5) is 0 Å². The number of carbonyl (C=O) groups is 1. The van der Waals surface area contributed by atoms with Crippen LogP contribution in [0.2, 0.25) is 0 Å². The fourth-order valence-corrected chi connectivity index (χ4v) is 3.93. The largest absolute Gasteiger partial charge is 0.508 e. The average Bonchev–Trinajstić information content (AvgIpc) is 3.14. The van der Waals surface area contributed by atoms with Gasteiger partial charge in [0.25, 0.3) is 5.91 Å². The number of nitrogens with zero attached hydrogens (tertiary/aromatic N) is 1. The number of fused-ring (bicyclic) bond motifs is 1. The molecule has 0 bridgehead atoms. The van der Waals surface area contributed by atoms with E-state index in [1.54, 1.807) is 35.7 Å². The monoisotopic (exact) mass is 374 g/mol. The first-order chi connectivity index (χ1) is 13.2. The summed E-state index contributed by atoms with van der Waals surface area (Å²) in [5.41, 5.74) is 3.52. The lowest BCUT2D eigenvalue weighted by molar-refractivity contribution is 0.0954. The Morgan fingerprint density at radius 2 is 1.89 bits per heavy atom. The molecular formula is C22H18N2O2S. The molecule has 0 saturated heterocycles. The van der Waals surface area contributed by atoms with E-state index in [-0.39, 0.29) is 11.7 Å². The molecule has 2 heterocycles. The van der Waals surface area contributed by atoms with Crippen LogP contribution in [0.25, 0.3) is 21.3 Å². The molecule has 0 aliphatic heterocycles. The predicted octanol–water partition coefficient (Wildman–Crippen LogP) is 4.64. The van der Waals surface area contributed by atoms with Crippen LogP contribution in [0.1, 0.15) is 15.9 Å². The molecule has 2 aromatic carbocycles. The van der Waals surface area contributed by atoms with Gasteiger partial charge in [-0.15, -0.1) is 11.3 Å². The lowest BCUT2D eigenvalue weighted by Crippen LogP contribution is -2.25. The molecule has 0 fully saturated rings. The summed E-state index contributed by atoms with van der Waals surface area (Å²) in [7, 11) is 0. The van der Waals surface area contributed by atoms with E-state index >= 15 is 0 Å². The molecule has 2 aromatic heterocycles. The summed E-state index contributed by atoms with van der Waals surface area (Å²) in [5, 5.41) is 15.5. The highest BCUT2D eigenvalue weighted by atomic mass is 32.1. The van der Waals surface area contributed by atoms with E-state index in [0.29, 0.717) is 18.5 Å². The molecule has 4 nitrogen and oxygen atoms in total. The maximum atomic E-state index is 12.5. The number of amides is 1. The van der Waals surface area contributed by atoms with Crippen molar-refractivity contribution in [2.45, 2.75) is 6.42 Å². The molecule has 0 radical (unpaired) electrons. The van der Waals surface area contributed by atoms with Crippen molar-refractivity contribution < 1.29 is 9.90 Å². The molecule has 0 aliphatic carbocycles. The number of nitrogens with one attached hydrogen (secondary N) is 1. The Hall–Kier alpha value is -3.18. The second-order valence-electron chi connectivity index (χ2n) is 6.25. The van der Waals surface area contributed by atoms with E-state index in [1.165, 1.54) is 4.70 Å². The molecule has 5 heteroatoms. The fourth-order valence-electron chi connectivity index (χ4n) is 2.98. The molecule has 0 atom stereocenters. The third kappa shape index (κ3) is 3.83. The number of hydrogen-bond acceptors (Lipinski definition) is 4. The topological polar surface area (TPSA) is 62.2 Å². The summed E-state index contributed by atoms with van der Waals surface area (Å²) >= 11 is 1.68. The standard InChI is InChI=1S/C22H18N2O2S/c25-17-7-5-15(6-8-17)9-11-24-22(26)16-10-12-23-20(13-16)19-14-27-21-4-2-1-3-18(19)21/h1-8,10,12-14,25H,9,11H2,(H,24,26). The lowest BCUT2D eigenvalue weighted by atomic mass is 10.1. The first kappa shape index (κ1) is 17.2. The number of benzene rings is 2. The highest BCUT2D eigenvalue weighted by Gasteiger charge is 2.11. The number of thiophene rings is 1. The second kappa shape index (κ2) is 7.60. The van der Waals surface area contributed by atoms with Crippen LogP contribution in [0.3, 0.4) is 0 Å². The highest BCUT2D eigenvalue weighted by molar-refractivity contribution is 7.17. The molecule has 27 heavy (non-hydrogen) atoms. The zero-order valence-corrected chi connectivity index (χ0v) is 15.4. The van der Waals surface area contributed by atoms with Gasteiger partial charge in [0.1, 0.15) is 5.75 Å². The number of rotatable bonds is 5. The average molecular weight is 374 g/mol. The van der Waals surface area contributed by atoms with Gasteiger partial charge in [0.05, 0.1) is 5.69 Å². The van der Waals surface area contributed by atoms with Crippen molar-refractivity contribution >= 4 is 27.3 Å². The zero-order chi connectivity index (χ0) is 18.6. The Bertz CT molecular complexity index is 1090. The molecular weight excluding hydrogens is 356 g/mol. The number of hydrogen-bond donors (Lipinski definition) is 2. The van der Waals surface area contributed by atoms with Crippen molar-refractivity contribution in [2.75, 3.05) is 6.54 Å². The predicted molar refractivity (Wildman–Crippen MR) is 109 cm³/mol. The quantitative estimate of drug-likeness (QED) is 0.535. The van der Waals surface area contributed by atoms with E-state index in [4.69, 9.17) is 0 Å². The van der Waals surface area contributed by atoms with E-state index in [1.807, 2.05) is 30.3 Å². The summed E-state index contributed by atoms with van der Waals surface area (Å²) in [6.07, 6.45) is 2.38. The smallest absolute Gasteiger partial charge is 0.251 e. The maximum Gasteiger partial charge on any atom is 0.251 e. The van der Waals surface area contributed by atoms with Crippen LogP contribution in [0, 0.1) is 0 Å². The van der Waals surface area contributed by atoms with E-state index in [9.17, 15) is 9.90 Å². The van der Waals surface area contributed by atoms with Crippen molar-refractivity contribution in [3.63, 3.8) is 0 Å². The van der Waals surface area contributed by atoms with Crippen molar-refractivity contribution in [1.29, 1.82) is 0 Å². The van der Waals surface area contributed by atoms with Gasteiger partial charge in [0.2, 0.25) is 0 Å². The van der Waals surface area contributed by atoms with Crippen LogP contribution in [0.5, 0.6) is 5.75 Å². The molecule has 1 amide bonds. The Morgan fingerprint density at radius 1 is 1.07 bits per heavy atom. The van der Waals surface area contributed by atoms with Crippen LogP contribution < -0.4 is 5.32 Å². The summed E-state index contributed by atoms with van der Waals surface area (Å²) in [4.78, 5) is 17.0. The number of aromatic nitrogens is 1. The summed E-state index contributed by atoms with van der Waals surface area (Å²) in [6.45, 7) is 0.530. The van der Waals surface area contributed by atoms with Crippen LogP contribution in [-0.4, -0.2) is 22.5 Å². The van der Waals surface area contributed by atoms with Gasteiger partial charge in [0.15, 0.2) is 0 Å². The minimum atomic E-state index is -0.114. The summed E-state index contributed by atoms with van der Waals surface area (Å²) in [6, 6.07) is 18.8. The van der Waals surface area contributed by atoms with Gasteiger partial charge >= 0.3 is 0 Å². The minimum Gasteiger partial charge on any atom is -0.508 e. The van der Waals surface area contributed by atoms with Gasteiger partial charge in [-0.3, -0.25) is 9.78 Å². The van der Waals surface area contributed by atoms with Crippen molar-refractivity contribution in [3.05, 3.63) is 83.4 Å². The molecule has 0 unspecified atom stereocenters. The van der Waals surface area contributed by atoms with Gasteiger partial charge in [-0.2, -0.15) is 0 Å². The number of carbonyl (C=O) groups excluding carboxylic acids is 1. The third-order valence-corrected chi connectivity index (χ3v) is 5.38. The van der Waals surface area contributed by atoms with Gasteiger partial charge in [0, 0.05) is 39.3 Å². The van der Waals surface area contributed by atoms with Gasteiger partial charge in [-0.05, 0) is 42.3 Å². The van der Waals surface area contributed by atoms with Gasteiger partial charge in [-0.1, -0.05) is 30.3 Å². The van der Waals surface area contributed by atoms with Gasteiger partial charge in [-0.25, -0.2) is 0 Å². The van der Waals surface area contributed by atoms with Crippen LogP contribution >= 0.6 is 11.3 Å². The number of phenolic OH excluding ortho intramolecular Hbond substituents is 1. The van der Waals surface area contributed by atoms with Gasteiger partial charge < -0.3 is 10.4 Å². The number of aromatic hydroxyl groups is 1. The van der Waals surface area contributed by atoms with Crippen molar-refractivity contribution in [2.24, 2.45) is 0 Å². The zero-order valence-electron chi connectivity index (χ0n) is 14.6. The molecule has 2 N–H and O–H groups in total. The first-order valence-corrected chi connectivity index (χ1v) is 9.57. The third-order valence-electron chi connectivity index (χ3n) is 4.41. The second-order valence-corrected chi connectivity index (χ2v) is 7.16. The van der Waals surface area contributed by atoms with Crippen LogP contribution in [0.15, 0.2) is 72.2 Å². The molecule has 0 aliphatic rings. The normalized spacial score (nSPS) is 10.8. The molecule has 4 rings (SSSR count). The molecule has 0 saturated carbocycles. The maximum absolute atomic E-state index is 12.5.